The number of aliphatic hydroxyl groups excluding tert-OH is 1. The summed E-state index contributed by atoms with van der Waals surface area (Å²) < 4.78 is 28.8. The van der Waals surface area contributed by atoms with Crippen molar-refractivity contribution in [2.24, 2.45) is 0 Å². The number of rotatable bonds is 5. The Labute approximate surface area is 171 Å². The highest BCUT2D eigenvalue weighted by atomic mass is 19.1. The van der Waals surface area contributed by atoms with Crippen molar-refractivity contribution in [3.8, 4) is 11.1 Å². The van der Waals surface area contributed by atoms with E-state index < -0.39 is 5.82 Å². The van der Waals surface area contributed by atoms with Gasteiger partial charge in [0.05, 0.1) is 12.3 Å². The van der Waals surface area contributed by atoms with Crippen LogP contribution in [0.3, 0.4) is 0 Å². The molecule has 1 N–H and O–H groups in total. The quantitative estimate of drug-likeness (QED) is 0.483. The van der Waals surface area contributed by atoms with Gasteiger partial charge in [0.2, 0.25) is 0 Å². The molecule has 4 aromatic rings. The number of pyridine rings is 2. The number of benzene rings is 2. The highest BCUT2D eigenvalue weighted by Crippen LogP contribution is 2.32. The third kappa shape index (κ3) is 3.82. The van der Waals surface area contributed by atoms with Crippen LogP contribution in [0.2, 0.25) is 0 Å². The number of aliphatic hydroxyl groups is 1. The second kappa shape index (κ2) is 8.08. The van der Waals surface area contributed by atoms with Crippen molar-refractivity contribution in [1.29, 1.82) is 0 Å². The highest BCUT2D eigenvalue weighted by molar-refractivity contribution is 6.01. The standard InChI is InChI=1S/C24H18F2N2O2/c1-14(30)22-11-21(16-3-6-18(25)7-4-16)20-9-5-17(23(26)24(20)28-22)10-15-2-8-19(13-29)27-12-15/h2-9,11-12,29H,10,13H2,1H3. The molecule has 0 amide bonds. The number of aromatic nitrogens is 2. The van der Waals surface area contributed by atoms with Crippen molar-refractivity contribution in [3.63, 3.8) is 0 Å². The summed E-state index contributed by atoms with van der Waals surface area (Å²) in [4.78, 5) is 20.4. The lowest BCUT2D eigenvalue weighted by Gasteiger charge is -2.12. The Morgan fingerprint density at radius 1 is 1.03 bits per heavy atom. The van der Waals surface area contributed by atoms with Gasteiger partial charge in [-0.25, -0.2) is 13.8 Å². The first kappa shape index (κ1) is 19.8. The number of hydrogen-bond acceptors (Lipinski definition) is 4. The van der Waals surface area contributed by atoms with E-state index in [9.17, 15) is 9.18 Å². The molecule has 0 aliphatic rings. The molecule has 0 spiro atoms. The van der Waals surface area contributed by atoms with E-state index in [2.05, 4.69) is 9.97 Å². The Morgan fingerprint density at radius 2 is 1.80 bits per heavy atom. The average Bonchev–Trinajstić information content (AvgIpc) is 2.76. The molecular formula is C24H18F2N2O2. The molecule has 2 heterocycles. The van der Waals surface area contributed by atoms with Crippen LogP contribution in [0.15, 0.2) is 60.8 Å². The number of hydrogen-bond donors (Lipinski definition) is 1. The maximum Gasteiger partial charge on any atom is 0.178 e. The Balaban J connectivity index is 1.85. The molecule has 0 atom stereocenters. The van der Waals surface area contributed by atoms with E-state index in [1.54, 1.807) is 48.7 Å². The van der Waals surface area contributed by atoms with E-state index in [0.717, 1.165) is 5.56 Å². The number of fused-ring (bicyclic) bond motifs is 1. The molecule has 150 valence electrons. The van der Waals surface area contributed by atoms with E-state index in [1.807, 2.05) is 0 Å². The van der Waals surface area contributed by atoms with Gasteiger partial charge in [-0.15, -0.1) is 0 Å². The molecule has 4 nitrogen and oxygen atoms in total. The second-order valence-corrected chi connectivity index (χ2v) is 7.05. The molecule has 0 aliphatic heterocycles. The van der Waals surface area contributed by atoms with Crippen molar-refractivity contribution in [1.82, 2.24) is 9.97 Å². The van der Waals surface area contributed by atoms with Crippen LogP contribution >= 0.6 is 0 Å². The normalized spacial score (nSPS) is 11.1. The SMILES string of the molecule is CC(=O)c1cc(-c2ccc(F)cc2)c2ccc(Cc3ccc(CO)nc3)c(F)c2n1. The molecule has 30 heavy (non-hydrogen) atoms. The minimum Gasteiger partial charge on any atom is -0.390 e. The van der Waals surface area contributed by atoms with Gasteiger partial charge in [0.1, 0.15) is 17.0 Å². The predicted molar refractivity (Wildman–Crippen MR) is 110 cm³/mol. The summed E-state index contributed by atoms with van der Waals surface area (Å²) in [5.74, 6) is -1.17. The van der Waals surface area contributed by atoms with Gasteiger partial charge in [0.15, 0.2) is 11.6 Å². The lowest BCUT2D eigenvalue weighted by molar-refractivity contribution is 0.101. The van der Waals surface area contributed by atoms with Gasteiger partial charge in [-0.1, -0.05) is 30.3 Å². The van der Waals surface area contributed by atoms with Gasteiger partial charge in [-0.05, 0) is 46.5 Å². The predicted octanol–water partition coefficient (Wildman–Crippen LogP) is 4.86. The van der Waals surface area contributed by atoms with Crippen molar-refractivity contribution in [2.75, 3.05) is 0 Å². The Morgan fingerprint density at radius 3 is 2.43 bits per heavy atom. The van der Waals surface area contributed by atoms with Crippen LogP contribution in [-0.2, 0) is 13.0 Å². The van der Waals surface area contributed by atoms with Gasteiger partial charge in [0.25, 0.3) is 0 Å². The van der Waals surface area contributed by atoms with Crippen LogP contribution in [0.5, 0.6) is 0 Å². The lowest BCUT2D eigenvalue weighted by atomic mass is 9.96. The van der Waals surface area contributed by atoms with Crippen molar-refractivity contribution in [3.05, 3.63) is 94.9 Å². The molecule has 2 aromatic heterocycles. The molecule has 0 unspecified atom stereocenters. The molecule has 2 aromatic carbocycles. The molecule has 0 fully saturated rings. The summed E-state index contributed by atoms with van der Waals surface area (Å²) in [6, 6.07) is 14.3. The fourth-order valence-electron chi connectivity index (χ4n) is 3.36. The van der Waals surface area contributed by atoms with Gasteiger partial charge >= 0.3 is 0 Å². The number of ketones is 1. The third-order valence-corrected chi connectivity index (χ3v) is 4.96. The Hall–Kier alpha value is -3.51. The molecule has 0 radical (unpaired) electrons. The summed E-state index contributed by atoms with van der Waals surface area (Å²) in [6.45, 7) is 1.22. The topological polar surface area (TPSA) is 63.1 Å². The minimum absolute atomic E-state index is 0.0967. The average molecular weight is 404 g/mol. The van der Waals surface area contributed by atoms with E-state index in [0.29, 0.717) is 34.2 Å². The fourth-order valence-corrected chi connectivity index (χ4v) is 3.36. The summed E-state index contributed by atoms with van der Waals surface area (Å²) in [5.41, 5.74) is 3.26. The highest BCUT2D eigenvalue weighted by Gasteiger charge is 2.16. The first-order valence-corrected chi connectivity index (χ1v) is 9.40. The molecular weight excluding hydrogens is 386 g/mol. The lowest BCUT2D eigenvalue weighted by Crippen LogP contribution is -2.02. The number of Topliss-reactive ketones (excluding diaryl/α,β-unsaturated/α-hetero) is 1. The maximum atomic E-state index is 15.4. The van der Waals surface area contributed by atoms with Gasteiger partial charge < -0.3 is 5.11 Å². The van der Waals surface area contributed by atoms with Gasteiger partial charge in [-0.3, -0.25) is 9.78 Å². The molecule has 6 heteroatoms. The minimum atomic E-state index is -0.509. The fraction of sp³-hybridized carbons (Fsp3) is 0.125. The number of carbonyl (C=O) groups is 1. The van der Waals surface area contributed by atoms with E-state index >= 15 is 4.39 Å². The zero-order valence-corrected chi connectivity index (χ0v) is 16.2. The maximum absolute atomic E-state index is 15.4. The first-order chi connectivity index (χ1) is 14.5. The van der Waals surface area contributed by atoms with Gasteiger partial charge in [-0.2, -0.15) is 0 Å². The monoisotopic (exact) mass is 404 g/mol. The van der Waals surface area contributed by atoms with E-state index in [-0.39, 0.29) is 29.4 Å². The van der Waals surface area contributed by atoms with Crippen LogP contribution in [0.1, 0.15) is 34.2 Å². The van der Waals surface area contributed by atoms with Gasteiger partial charge in [0, 0.05) is 24.9 Å². The molecule has 4 rings (SSSR count). The van der Waals surface area contributed by atoms with E-state index in [4.69, 9.17) is 5.11 Å². The third-order valence-electron chi connectivity index (χ3n) is 4.96. The summed E-state index contributed by atoms with van der Waals surface area (Å²) >= 11 is 0. The Kier molecular flexibility index (Phi) is 5.33. The van der Waals surface area contributed by atoms with Crippen molar-refractivity contribution in [2.45, 2.75) is 20.0 Å². The summed E-state index contributed by atoms with van der Waals surface area (Å²) in [7, 11) is 0. The van der Waals surface area contributed by atoms with Crippen molar-refractivity contribution >= 4 is 16.7 Å². The Bertz CT molecular complexity index is 1240. The second-order valence-electron chi connectivity index (χ2n) is 7.05. The largest absolute Gasteiger partial charge is 0.390 e. The molecule has 0 saturated heterocycles. The number of nitrogens with zero attached hydrogens (tertiary/aromatic N) is 2. The van der Waals surface area contributed by atoms with Crippen LogP contribution in [0.4, 0.5) is 8.78 Å². The number of carbonyl (C=O) groups excluding carboxylic acids is 1. The zero-order valence-electron chi connectivity index (χ0n) is 16.2. The van der Waals surface area contributed by atoms with E-state index in [1.165, 1.54) is 19.1 Å². The zero-order chi connectivity index (χ0) is 21.3. The van der Waals surface area contributed by atoms with Crippen molar-refractivity contribution < 1.29 is 18.7 Å². The molecule has 0 saturated carbocycles. The summed E-state index contributed by atoms with van der Waals surface area (Å²) in [6.07, 6.45) is 1.89. The van der Waals surface area contributed by atoms with Crippen LogP contribution < -0.4 is 0 Å². The van der Waals surface area contributed by atoms with Crippen LogP contribution in [0, 0.1) is 11.6 Å². The van der Waals surface area contributed by atoms with Crippen LogP contribution in [-0.4, -0.2) is 20.9 Å². The summed E-state index contributed by atoms with van der Waals surface area (Å²) in [5, 5.41) is 9.65. The number of halogens is 2. The first-order valence-electron chi connectivity index (χ1n) is 9.40. The molecule has 0 bridgehead atoms. The van der Waals surface area contributed by atoms with Crippen LogP contribution in [0.25, 0.3) is 22.0 Å². The molecule has 0 aliphatic carbocycles. The smallest absolute Gasteiger partial charge is 0.178 e.